The summed E-state index contributed by atoms with van der Waals surface area (Å²) in [5, 5.41) is 0. The molecule has 2 aromatic rings. The van der Waals surface area contributed by atoms with Crippen molar-refractivity contribution in [3.63, 3.8) is 0 Å². The number of ether oxygens (including phenoxy) is 2. The van der Waals surface area contributed by atoms with Gasteiger partial charge in [-0.05, 0) is 100 Å². The van der Waals surface area contributed by atoms with Crippen LogP contribution in [0.2, 0.25) is 58.9 Å². The highest BCUT2D eigenvalue weighted by molar-refractivity contribution is 6.70. The van der Waals surface area contributed by atoms with Gasteiger partial charge in [0.2, 0.25) is 0 Å². The van der Waals surface area contributed by atoms with E-state index in [9.17, 15) is 0 Å². The molecule has 5 nitrogen and oxygen atoms in total. The average Bonchev–Trinajstić information content (AvgIpc) is 3.52. The number of benzene rings is 2. The third-order valence-electron chi connectivity index (χ3n) is 8.76. The molecule has 8 heteroatoms. The molecule has 0 radical (unpaired) electrons. The minimum absolute atomic E-state index is 0.130. The van der Waals surface area contributed by atoms with Crippen molar-refractivity contribution in [1.29, 1.82) is 0 Å². The molecule has 0 heterocycles. The lowest BCUT2D eigenvalue weighted by molar-refractivity contribution is -0.252. The quantitative estimate of drug-likeness (QED) is 0.163. The van der Waals surface area contributed by atoms with Crippen LogP contribution >= 0.6 is 0 Å². The average molecular weight is 639 g/mol. The number of allylic oxidation sites excluding steroid dienone is 2. The number of rotatable bonds is 13. The first-order valence-corrected chi connectivity index (χ1v) is 26.4. The van der Waals surface area contributed by atoms with E-state index in [4.69, 9.17) is 22.8 Å². The molecule has 0 unspecified atom stereocenters. The van der Waals surface area contributed by atoms with Gasteiger partial charge in [-0.25, -0.2) is 0 Å². The topological polar surface area (TPSA) is 46.2 Å². The molecule has 2 bridgehead atoms. The largest absolute Gasteiger partial charge is 0.411 e. The monoisotopic (exact) mass is 638 g/mol. The smallest absolute Gasteiger partial charge is 0.184 e. The lowest BCUT2D eigenvalue weighted by Gasteiger charge is -2.61. The lowest BCUT2D eigenvalue weighted by Crippen LogP contribution is -2.75. The summed E-state index contributed by atoms with van der Waals surface area (Å²) < 4.78 is 36.1. The van der Waals surface area contributed by atoms with Gasteiger partial charge >= 0.3 is 0 Å². The fourth-order valence-corrected chi connectivity index (χ4v) is 11.3. The van der Waals surface area contributed by atoms with Crippen LogP contribution in [-0.2, 0) is 36.0 Å². The second-order valence-corrected chi connectivity index (χ2v) is 29.2. The molecular formula is C35H54O5Si3. The second-order valence-electron chi connectivity index (χ2n) is 15.8. The van der Waals surface area contributed by atoms with Crippen LogP contribution in [0, 0.1) is 23.7 Å². The van der Waals surface area contributed by atoms with Crippen LogP contribution in [0.15, 0.2) is 72.8 Å². The van der Waals surface area contributed by atoms with E-state index in [1.807, 2.05) is 6.07 Å². The van der Waals surface area contributed by atoms with E-state index in [0.29, 0.717) is 43.5 Å². The van der Waals surface area contributed by atoms with Crippen LogP contribution in [0.25, 0.3) is 0 Å². The maximum atomic E-state index is 7.52. The maximum absolute atomic E-state index is 7.52. The molecule has 2 saturated carbocycles. The Morgan fingerprint density at radius 2 is 1.14 bits per heavy atom. The van der Waals surface area contributed by atoms with Gasteiger partial charge in [-0.1, -0.05) is 72.8 Å². The van der Waals surface area contributed by atoms with Crippen molar-refractivity contribution in [1.82, 2.24) is 0 Å². The van der Waals surface area contributed by atoms with E-state index in [1.54, 1.807) is 0 Å². The normalized spacial score (nSPS) is 32.3. The number of hydrogen-bond donors (Lipinski definition) is 0. The Balaban J connectivity index is 1.64. The fraction of sp³-hybridized carbons (Fsp3) is 0.600. The highest BCUT2D eigenvalue weighted by atomic mass is 28.4. The Kier molecular flexibility index (Phi) is 9.82. The summed E-state index contributed by atoms with van der Waals surface area (Å²) in [6, 6.07) is 21.0. The zero-order chi connectivity index (χ0) is 31.0. The predicted molar refractivity (Wildman–Crippen MR) is 182 cm³/mol. The first kappa shape index (κ1) is 33.0. The standard InChI is InChI=1S/C35H54O5Si3/c1-41(2,3)38-33-31-29-21-20-28(22-29)30(31)32(37-24-27-18-14-11-15-19-27)34(39-42(4,5)6)35(33,40-43(7,8)9)25-36-23-26-16-12-10-13-17-26/h10-21,28-34H,22-25H2,1-9H3/t28-,29+,30-,31+,32-,33+,34+,35-/m1/s1. The van der Waals surface area contributed by atoms with Crippen molar-refractivity contribution in [3.05, 3.63) is 83.9 Å². The Bertz CT molecular complexity index is 1220. The van der Waals surface area contributed by atoms with Gasteiger partial charge in [-0.2, -0.15) is 0 Å². The Hall–Kier alpha value is -1.37. The minimum atomic E-state index is -2.14. The molecule has 0 aromatic heterocycles. The molecule has 0 saturated heterocycles. The molecule has 3 aliphatic carbocycles. The van der Waals surface area contributed by atoms with Crippen LogP contribution in [0.1, 0.15) is 17.5 Å². The minimum Gasteiger partial charge on any atom is -0.411 e. The molecule has 2 fully saturated rings. The first-order chi connectivity index (χ1) is 20.2. The Labute approximate surface area is 263 Å². The molecule has 0 spiro atoms. The van der Waals surface area contributed by atoms with Crippen molar-refractivity contribution in [3.8, 4) is 0 Å². The van der Waals surface area contributed by atoms with E-state index in [-0.39, 0.29) is 18.3 Å². The molecule has 5 rings (SSSR count). The summed E-state index contributed by atoms with van der Waals surface area (Å²) >= 11 is 0. The predicted octanol–water partition coefficient (Wildman–Crippen LogP) is 8.27. The maximum Gasteiger partial charge on any atom is 0.184 e. The van der Waals surface area contributed by atoms with E-state index < -0.39 is 30.6 Å². The summed E-state index contributed by atoms with van der Waals surface area (Å²) in [5.41, 5.74) is 1.55. The van der Waals surface area contributed by atoms with Gasteiger partial charge in [0, 0.05) is 0 Å². The summed E-state index contributed by atoms with van der Waals surface area (Å²) in [5.74, 6) is 1.52. The molecule has 0 aliphatic heterocycles. The molecular weight excluding hydrogens is 585 g/mol. The third kappa shape index (κ3) is 7.90. The van der Waals surface area contributed by atoms with Crippen molar-refractivity contribution < 1.29 is 22.8 Å². The lowest BCUT2D eigenvalue weighted by atomic mass is 9.63. The van der Waals surface area contributed by atoms with E-state index in [2.05, 4.69) is 126 Å². The Morgan fingerprint density at radius 3 is 1.67 bits per heavy atom. The van der Waals surface area contributed by atoms with Crippen molar-refractivity contribution in [2.45, 2.75) is 102 Å². The first-order valence-electron chi connectivity index (χ1n) is 16.2. The fourth-order valence-electron chi connectivity index (χ4n) is 7.61. The van der Waals surface area contributed by atoms with Gasteiger partial charge < -0.3 is 22.8 Å². The van der Waals surface area contributed by atoms with Gasteiger partial charge in [-0.15, -0.1) is 0 Å². The zero-order valence-electron chi connectivity index (χ0n) is 27.8. The SMILES string of the molecule is C[Si](C)(C)O[C@H]1[C@H](OCc2ccccc2)[C@H]2[C@H]([C@H]3C=C[C@@H]2C3)[C@H](O[Si](C)(C)C)[C@@]1(COCc1ccccc1)O[Si](C)(C)C. The van der Waals surface area contributed by atoms with Crippen molar-refractivity contribution in [2.75, 3.05) is 6.61 Å². The number of fused-ring (bicyclic) bond motifs is 5. The summed E-state index contributed by atoms with van der Waals surface area (Å²) in [6.45, 7) is 22.1. The molecule has 236 valence electrons. The van der Waals surface area contributed by atoms with Crippen LogP contribution in [0.5, 0.6) is 0 Å². The summed E-state index contributed by atoms with van der Waals surface area (Å²) in [6.07, 6.45) is 5.48. The highest BCUT2D eigenvalue weighted by Crippen LogP contribution is 2.60. The molecule has 8 atom stereocenters. The van der Waals surface area contributed by atoms with E-state index >= 15 is 0 Å². The van der Waals surface area contributed by atoms with Gasteiger partial charge in [0.15, 0.2) is 25.0 Å². The molecule has 3 aliphatic rings. The van der Waals surface area contributed by atoms with E-state index in [1.165, 1.54) is 5.56 Å². The van der Waals surface area contributed by atoms with Gasteiger partial charge in [0.25, 0.3) is 0 Å². The summed E-state index contributed by atoms with van der Waals surface area (Å²) in [7, 11) is -6.23. The molecule has 2 aromatic carbocycles. The van der Waals surface area contributed by atoms with Gasteiger partial charge in [-0.3, -0.25) is 0 Å². The molecule has 0 amide bonds. The van der Waals surface area contributed by atoms with Crippen LogP contribution in [-0.4, -0.2) is 55.5 Å². The summed E-state index contributed by atoms with van der Waals surface area (Å²) in [4.78, 5) is 0. The third-order valence-corrected chi connectivity index (χ3v) is 11.7. The van der Waals surface area contributed by atoms with Crippen molar-refractivity contribution in [2.24, 2.45) is 23.7 Å². The van der Waals surface area contributed by atoms with Crippen molar-refractivity contribution >= 4 is 25.0 Å². The second kappa shape index (κ2) is 12.8. The molecule has 43 heavy (non-hydrogen) atoms. The molecule has 0 N–H and O–H groups in total. The zero-order valence-corrected chi connectivity index (χ0v) is 30.8. The van der Waals surface area contributed by atoms with Crippen LogP contribution < -0.4 is 0 Å². The van der Waals surface area contributed by atoms with E-state index in [0.717, 1.165) is 12.0 Å². The number of hydrogen-bond acceptors (Lipinski definition) is 5. The van der Waals surface area contributed by atoms with Gasteiger partial charge in [0.05, 0.1) is 32.0 Å². The van der Waals surface area contributed by atoms with Crippen LogP contribution in [0.3, 0.4) is 0 Å². The highest BCUT2D eigenvalue weighted by Gasteiger charge is 2.68. The Morgan fingerprint density at radius 1 is 0.628 bits per heavy atom. The van der Waals surface area contributed by atoms with Gasteiger partial charge in [0.1, 0.15) is 11.7 Å². The van der Waals surface area contributed by atoms with Crippen LogP contribution in [0.4, 0.5) is 0 Å².